The van der Waals surface area contributed by atoms with E-state index >= 15 is 0 Å². The number of hydrogen-bond donors (Lipinski definition) is 1. The number of amides is 2. The highest BCUT2D eigenvalue weighted by molar-refractivity contribution is 9.10. The smallest absolute Gasteiger partial charge is 0.264 e. The lowest BCUT2D eigenvalue weighted by Crippen LogP contribution is -2.52. The van der Waals surface area contributed by atoms with Crippen LogP contribution in [0.15, 0.2) is 82.2 Å². The molecule has 9 heteroatoms. The van der Waals surface area contributed by atoms with Crippen LogP contribution in [-0.4, -0.2) is 44.3 Å². The van der Waals surface area contributed by atoms with Gasteiger partial charge in [-0.25, -0.2) is 8.42 Å². The number of rotatable bonds is 12. The maximum absolute atomic E-state index is 14.1. The number of carbonyl (C=O) groups is 2. The van der Waals surface area contributed by atoms with E-state index in [0.29, 0.717) is 18.7 Å². The molecule has 0 aliphatic rings. The predicted molar refractivity (Wildman–Crippen MR) is 164 cm³/mol. The van der Waals surface area contributed by atoms with Gasteiger partial charge in [0.15, 0.2) is 0 Å². The van der Waals surface area contributed by atoms with Crippen molar-refractivity contribution in [1.29, 1.82) is 0 Å². The molecule has 7 nitrogen and oxygen atoms in total. The van der Waals surface area contributed by atoms with Crippen molar-refractivity contribution in [2.24, 2.45) is 5.92 Å². The summed E-state index contributed by atoms with van der Waals surface area (Å²) in [5, 5.41) is 2.95. The zero-order chi connectivity index (χ0) is 29.4. The molecule has 0 aliphatic heterocycles. The first-order valence-electron chi connectivity index (χ1n) is 13.4. The second-order valence-corrected chi connectivity index (χ2v) is 13.2. The number of anilines is 1. The zero-order valence-corrected chi connectivity index (χ0v) is 26.1. The monoisotopic (exact) mass is 627 g/mol. The maximum Gasteiger partial charge on any atom is 0.264 e. The molecule has 40 heavy (non-hydrogen) atoms. The molecular weight excluding hydrogens is 590 g/mol. The molecule has 0 unspecified atom stereocenters. The van der Waals surface area contributed by atoms with Crippen LogP contribution < -0.4 is 9.62 Å². The van der Waals surface area contributed by atoms with E-state index in [0.717, 1.165) is 25.5 Å². The molecule has 0 saturated carbocycles. The minimum Gasteiger partial charge on any atom is -0.354 e. The maximum atomic E-state index is 14.1. The Morgan fingerprint density at radius 3 is 2.15 bits per heavy atom. The van der Waals surface area contributed by atoms with Crippen molar-refractivity contribution in [2.75, 3.05) is 17.4 Å². The van der Waals surface area contributed by atoms with E-state index in [-0.39, 0.29) is 23.3 Å². The quantitative estimate of drug-likeness (QED) is 0.273. The highest BCUT2D eigenvalue weighted by atomic mass is 79.9. The van der Waals surface area contributed by atoms with E-state index in [1.54, 1.807) is 48.5 Å². The van der Waals surface area contributed by atoms with Gasteiger partial charge in [0.1, 0.15) is 12.6 Å². The molecule has 214 valence electrons. The first kappa shape index (κ1) is 31.4. The van der Waals surface area contributed by atoms with Crippen LogP contribution in [0.2, 0.25) is 0 Å². The number of benzene rings is 3. The number of aryl methyl sites for hydroxylation is 2. The van der Waals surface area contributed by atoms with Crippen LogP contribution in [0.5, 0.6) is 0 Å². The summed E-state index contributed by atoms with van der Waals surface area (Å²) < 4.78 is 29.7. The summed E-state index contributed by atoms with van der Waals surface area (Å²) in [5.41, 5.74) is 3.17. The fourth-order valence-electron chi connectivity index (χ4n) is 4.32. The molecule has 1 N–H and O–H groups in total. The van der Waals surface area contributed by atoms with Crippen molar-refractivity contribution in [3.8, 4) is 0 Å². The molecule has 3 aromatic rings. The van der Waals surface area contributed by atoms with E-state index in [4.69, 9.17) is 0 Å². The van der Waals surface area contributed by atoms with Crippen LogP contribution in [0.25, 0.3) is 0 Å². The van der Waals surface area contributed by atoms with E-state index in [1.165, 1.54) is 4.90 Å². The number of hydrogen-bond acceptors (Lipinski definition) is 4. The summed E-state index contributed by atoms with van der Waals surface area (Å²) in [5.74, 6) is -0.477. The Labute approximate surface area is 246 Å². The first-order chi connectivity index (χ1) is 18.9. The van der Waals surface area contributed by atoms with Gasteiger partial charge in [-0.1, -0.05) is 84.2 Å². The minimum absolute atomic E-state index is 0.0840. The summed E-state index contributed by atoms with van der Waals surface area (Å²) in [6.07, 6.45) is 0.379. The summed E-state index contributed by atoms with van der Waals surface area (Å²) >= 11 is 3.40. The highest BCUT2D eigenvalue weighted by Gasteiger charge is 2.33. The third-order valence-electron chi connectivity index (χ3n) is 6.51. The van der Waals surface area contributed by atoms with Crippen LogP contribution >= 0.6 is 15.9 Å². The van der Waals surface area contributed by atoms with Crippen LogP contribution in [0.3, 0.4) is 0 Å². The predicted octanol–water partition coefficient (Wildman–Crippen LogP) is 5.84. The molecule has 0 fully saturated rings. The fraction of sp³-hybridized carbons (Fsp3) is 0.355. The summed E-state index contributed by atoms with van der Waals surface area (Å²) in [6, 6.07) is 20.3. The van der Waals surface area contributed by atoms with Crippen molar-refractivity contribution in [1.82, 2.24) is 10.2 Å². The van der Waals surface area contributed by atoms with Gasteiger partial charge in [-0.2, -0.15) is 0 Å². The van der Waals surface area contributed by atoms with Gasteiger partial charge in [-0.05, 0) is 68.1 Å². The van der Waals surface area contributed by atoms with Crippen LogP contribution in [-0.2, 0) is 26.2 Å². The second-order valence-electron chi connectivity index (χ2n) is 10.4. The number of halogens is 1. The number of nitrogens with zero attached hydrogens (tertiary/aromatic N) is 2. The van der Waals surface area contributed by atoms with Crippen molar-refractivity contribution in [3.63, 3.8) is 0 Å². The first-order valence-corrected chi connectivity index (χ1v) is 15.6. The molecule has 0 aliphatic carbocycles. The summed E-state index contributed by atoms with van der Waals surface area (Å²) in [6.45, 7) is 9.90. The van der Waals surface area contributed by atoms with Gasteiger partial charge < -0.3 is 10.2 Å². The molecule has 0 radical (unpaired) electrons. The van der Waals surface area contributed by atoms with Gasteiger partial charge in [-0.3, -0.25) is 13.9 Å². The van der Waals surface area contributed by atoms with Crippen molar-refractivity contribution in [2.45, 2.75) is 58.5 Å². The van der Waals surface area contributed by atoms with Gasteiger partial charge in [0.25, 0.3) is 10.0 Å². The lowest BCUT2D eigenvalue weighted by atomic mass is 10.1. The van der Waals surface area contributed by atoms with Gasteiger partial charge in [0.2, 0.25) is 11.8 Å². The Balaban J connectivity index is 2.04. The molecule has 0 spiro atoms. The van der Waals surface area contributed by atoms with E-state index in [9.17, 15) is 18.0 Å². The third-order valence-corrected chi connectivity index (χ3v) is 8.83. The Kier molecular flexibility index (Phi) is 10.9. The highest BCUT2D eigenvalue weighted by Crippen LogP contribution is 2.26. The van der Waals surface area contributed by atoms with Gasteiger partial charge in [-0.15, -0.1) is 0 Å². The Morgan fingerprint density at radius 2 is 1.57 bits per heavy atom. The van der Waals surface area contributed by atoms with Crippen molar-refractivity contribution in [3.05, 3.63) is 94.0 Å². The number of sulfonamides is 1. The number of carbonyl (C=O) groups excluding carboxylic acids is 2. The van der Waals surface area contributed by atoms with Crippen molar-refractivity contribution < 1.29 is 18.0 Å². The topological polar surface area (TPSA) is 86.8 Å². The largest absolute Gasteiger partial charge is 0.354 e. The molecule has 3 rings (SSSR count). The molecule has 1 atom stereocenters. The van der Waals surface area contributed by atoms with E-state index in [1.807, 2.05) is 58.9 Å². The Morgan fingerprint density at radius 1 is 0.925 bits per heavy atom. The van der Waals surface area contributed by atoms with Crippen molar-refractivity contribution >= 4 is 43.5 Å². The fourth-order valence-corrected chi connectivity index (χ4v) is 6.00. The van der Waals surface area contributed by atoms with Crippen LogP contribution in [0, 0.1) is 19.8 Å². The molecule has 2 amide bonds. The standard InChI is InChI=1S/C31H38BrN3O4S/c1-6-29(31(37)33-19-22(2)3)34(20-25-9-7-8-24(5)18-25)30(36)21-35(27-14-12-26(32)13-15-27)40(38,39)28-16-10-23(4)11-17-28/h7-18,22,29H,6,19-21H2,1-5H3,(H,33,37)/t29-/m0/s1. The molecule has 0 aromatic heterocycles. The molecule has 0 heterocycles. The van der Waals surface area contributed by atoms with E-state index < -0.39 is 28.5 Å². The zero-order valence-electron chi connectivity index (χ0n) is 23.7. The Hall–Kier alpha value is -3.17. The average Bonchev–Trinajstić information content (AvgIpc) is 2.91. The minimum atomic E-state index is -4.10. The molecule has 3 aromatic carbocycles. The lowest BCUT2D eigenvalue weighted by Gasteiger charge is -2.33. The summed E-state index contributed by atoms with van der Waals surface area (Å²) in [7, 11) is -4.10. The average molecular weight is 629 g/mol. The normalized spacial score (nSPS) is 12.2. The Bertz CT molecular complexity index is 1410. The SMILES string of the molecule is CC[C@@H](C(=O)NCC(C)C)N(Cc1cccc(C)c1)C(=O)CN(c1ccc(Br)cc1)S(=O)(=O)c1ccc(C)cc1. The number of nitrogens with one attached hydrogen (secondary N) is 1. The van der Waals surface area contributed by atoms with Gasteiger partial charge >= 0.3 is 0 Å². The molecular formula is C31H38BrN3O4S. The van der Waals surface area contributed by atoms with Crippen LogP contribution in [0.4, 0.5) is 5.69 Å². The lowest BCUT2D eigenvalue weighted by molar-refractivity contribution is -0.140. The van der Waals surface area contributed by atoms with Crippen LogP contribution in [0.1, 0.15) is 43.9 Å². The van der Waals surface area contributed by atoms with Gasteiger partial charge in [0.05, 0.1) is 10.6 Å². The molecule has 0 saturated heterocycles. The van der Waals surface area contributed by atoms with E-state index in [2.05, 4.69) is 21.2 Å². The second kappa shape index (κ2) is 13.9. The summed E-state index contributed by atoms with van der Waals surface area (Å²) in [4.78, 5) is 29.0. The third kappa shape index (κ3) is 8.17. The van der Waals surface area contributed by atoms with Gasteiger partial charge in [0, 0.05) is 17.6 Å². The molecule has 0 bridgehead atoms.